The van der Waals surface area contributed by atoms with Gasteiger partial charge in [-0.05, 0) is 50.2 Å². The van der Waals surface area contributed by atoms with Crippen LogP contribution in [0.25, 0.3) is 0 Å². The number of rotatable bonds is 4. The van der Waals surface area contributed by atoms with Crippen molar-refractivity contribution in [2.24, 2.45) is 0 Å². The maximum Gasteiger partial charge on any atom is 0.251 e. The standard InChI is InChI=1S/C16H18BrN3O/c1-10(2)19-16(21)11-6-7-15(14(18)8-11)20-13-5-3-4-12(17)9-13/h3-10,20H,18H2,1-2H3,(H,19,21). The van der Waals surface area contributed by atoms with Crippen molar-refractivity contribution in [2.75, 3.05) is 11.1 Å². The topological polar surface area (TPSA) is 67.2 Å². The fraction of sp³-hybridized carbons (Fsp3) is 0.188. The van der Waals surface area contributed by atoms with Crippen LogP contribution in [-0.2, 0) is 0 Å². The molecule has 4 N–H and O–H groups in total. The molecule has 0 heterocycles. The molecule has 0 unspecified atom stereocenters. The molecule has 0 aliphatic rings. The summed E-state index contributed by atoms with van der Waals surface area (Å²) in [5, 5.41) is 6.08. The second-order valence-electron chi connectivity index (χ2n) is 5.07. The number of nitrogens with one attached hydrogen (secondary N) is 2. The minimum Gasteiger partial charge on any atom is -0.397 e. The lowest BCUT2D eigenvalue weighted by atomic mass is 10.1. The highest BCUT2D eigenvalue weighted by Crippen LogP contribution is 2.25. The summed E-state index contributed by atoms with van der Waals surface area (Å²) in [7, 11) is 0. The van der Waals surface area contributed by atoms with E-state index >= 15 is 0 Å². The van der Waals surface area contributed by atoms with Crippen LogP contribution in [0.4, 0.5) is 17.1 Å². The van der Waals surface area contributed by atoms with E-state index in [1.54, 1.807) is 12.1 Å². The summed E-state index contributed by atoms with van der Waals surface area (Å²) >= 11 is 3.42. The first-order valence-corrected chi connectivity index (χ1v) is 7.48. The molecule has 0 saturated heterocycles. The molecule has 21 heavy (non-hydrogen) atoms. The zero-order valence-electron chi connectivity index (χ0n) is 12.0. The van der Waals surface area contributed by atoms with Gasteiger partial charge in [-0.1, -0.05) is 22.0 Å². The third kappa shape index (κ3) is 4.23. The van der Waals surface area contributed by atoms with Gasteiger partial charge < -0.3 is 16.4 Å². The highest BCUT2D eigenvalue weighted by molar-refractivity contribution is 9.10. The molecular weight excluding hydrogens is 330 g/mol. The smallest absolute Gasteiger partial charge is 0.251 e. The molecule has 0 aromatic heterocycles. The van der Waals surface area contributed by atoms with Gasteiger partial charge in [0.05, 0.1) is 11.4 Å². The summed E-state index contributed by atoms with van der Waals surface area (Å²) < 4.78 is 0.985. The maximum absolute atomic E-state index is 11.9. The van der Waals surface area contributed by atoms with Crippen LogP contribution in [-0.4, -0.2) is 11.9 Å². The molecule has 0 aliphatic heterocycles. The lowest BCUT2D eigenvalue weighted by molar-refractivity contribution is 0.0943. The first-order chi connectivity index (χ1) is 9.95. The highest BCUT2D eigenvalue weighted by atomic mass is 79.9. The van der Waals surface area contributed by atoms with Crippen LogP contribution in [0.2, 0.25) is 0 Å². The van der Waals surface area contributed by atoms with E-state index in [0.717, 1.165) is 15.8 Å². The largest absolute Gasteiger partial charge is 0.397 e. The van der Waals surface area contributed by atoms with Gasteiger partial charge in [0.2, 0.25) is 0 Å². The highest BCUT2D eigenvalue weighted by Gasteiger charge is 2.09. The Kier molecular flexibility index (Phi) is 4.85. The van der Waals surface area contributed by atoms with Crippen LogP contribution in [0.1, 0.15) is 24.2 Å². The minimum absolute atomic E-state index is 0.0956. The van der Waals surface area contributed by atoms with Gasteiger partial charge in [-0.25, -0.2) is 0 Å². The first-order valence-electron chi connectivity index (χ1n) is 6.68. The van der Waals surface area contributed by atoms with Crippen LogP contribution < -0.4 is 16.4 Å². The van der Waals surface area contributed by atoms with E-state index in [-0.39, 0.29) is 11.9 Å². The number of amides is 1. The number of halogens is 1. The van der Waals surface area contributed by atoms with E-state index in [1.807, 2.05) is 44.2 Å². The van der Waals surface area contributed by atoms with Crippen LogP contribution in [0, 0.1) is 0 Å². The Morgan fingerprint density at radius 1 is 1.19 bits per heavy atom. The number of hydrogen-bond donors (Lipinski definition) is 3. The summed E-state index contributed by atoms with van der Waals surface area (Å²) in [5.41, 5.74) is 8.81. The second-order valence-corrected chi connectivity index (χ2v) is 5.98. The number of nitrogens with two attached hydrogens (primary N) is 1. The van der Waals surface area contributed by atoms with Crippen molar-refractivity contribution < 1.29 is 4.79 Å². The third-order valence-corrected chi connectivity index (χ3v) is 3.33. The predicted molar refractivity (Wildman–Crippen MR) is 90.9 cm³/mol. The Balaban J connectivity index is 2.18. The molecule has 1 amide bonds. The zero-order chi connectivity index (χ0) is 15.4. The maximum atomic E-state index is 11.9. The first kappa shape index (κ1) is 15.4. The number of anilines is 3. The molecule has 110 valence electrons. The SMILES string of the molecule is CC(C)NC(=O)c1ccc(Nc2cccc(Br)c2)c(N)c1. The van der Waals surface area contributed by atoms with Gasteiger partial charge in [0.25, 0.3) is 5.91 Å². The van der Waals surface area contributed by atoms with E-state index in [1.165, 1.54) is 0 Å². The van der Waals surface area contributed by atoms with Crippen LogP contribution in [0.5, 0.6) is 0 Å². The summed E-state index contributed by atoms with van der Waals surface area (Å²) in [4.78, 5) is 11.9. The molecule has 2 aromatic carbocycles. The number of carbonyl (C=O) groups excluding carboxylic acids is 1. The number of nitrogen functional groups attached to an aromatic ring is 1. The molecule has 0 saturated carbocycles. The molecule has 2 aromatic rings. The summed E-state index contributed by atoms with van der Waals surface area (Å²) in [6.07, 6.45) is 0. The quantitative estimate of drug-likeness (QED) is 0.734. The van der Waals surface area contributed by atoms with Gasteiger partial charge in [-0.2, -0.15) is 0 Å². The fourth-order valence-electron chi connectivity index (χ4n) is 1.89. The van der Waals surface area contributed by atoms with E-state index in [2.05, 4.69) is 26.6 Å². The van der Waals surface area contributed by atoms with Gasteiger partial charge in [-0.15, -0.1) is 0 Å². The van der Waals surface area contributed by atoms with Crippen molar-refractivity contribution in [3.8, 4) is 0 Å². The van der Waals surface area contributed by atoms with E-state index in [0.29, 0.717) is 11.3 Å². The summed E-state index contributed by atoms with van der Waals surface area (Å²) in [6, 6.07) is 13.1. The number of hydrogen-bond acceptors (Lipinski definition) is 3. The van der Waals surface area contributed by atoms with Crippen LogP contribution in [0.3, 0.4) is 0 Å². The molecule has 5 heteroatoms. The van der Waals surface area contributed by atoms with Gasteiger partial charge >= 0.3 is 0 Å². The zero-order valence-corrected chi connectivity index (χ0v) is 13.6. The van der Waals surface area contributed by atoms with Gasteiger partial charge in [-0.3, -0.25) is 4.79 Å². The molecule has 0 fully saturated rings. The van der Waals surface area contributed by atoms with Gasteiger partial charge in [0.1, 0.15) is 0 Å². The molecule has 0 atom stereocenters. The van der Waals surface area contributed by atoms with Crippen LogP contribution in [0.15, 0.2) is 46.9 Å². The van der Waals surface area contributed by atoms with Crippen molar-refractivity contribution in [1.29, 1.82) is 0 Å². The van der Waals surface area contributed by atoms with Gasteiger partial charge in [0.15, 0.2) is 0 Å². The Morgan fingerprint density at radius 3 is 2.57 bits per heavy atom. The van der Waals surface area contributed by atoms with Gasteiger partial charge in [0, 0.05) is 21.8 Å². The number of benzene rings is 2. The lowest BCUT2D eigenvalue weighted by Crippen LogP contribution is -2.30. The molecule has 4 nitrogen and oxygen atoms in total. The molecular formula is C16H18BrN3O. The molecule has 0 bridgehead atoms. The minimum atomic E-state index is -0.120. The Morgan fingerprint density at radius 2 is 1.95 bits per heavy atom. The Hall–Kier alpha value is -2.01. The van der Waals surface area contributed by atoms with E-state index in [4.69, 9.17) is 5.73 Å². The predicted octanol–water partition coefficient (Wildman–Crippen LogP) is 3.91. The van der Waals surface area contributed by atoms with Crippen molar-refractivity contribution in [1.82, 2.24) is 5.32 Å². The van der Waals surface area contributed by atoms with Crippen molar-refractivity contribution >= 4 is 38.9 Å². The second kappa shape index (κ2) is 6.63. The molecule has 0 aliphatic carbocycles. The number of carbonyl (C=O) groups is 1. The molecule has 0 radical (unpaired) electrons. The van der Waals surface area contributed by atoms with E-state index in [9.17, 15) is 4.79 Å². The monoisotopic (exact) mass is 347 g/mol. The molecule has 0 spiro atoms. The summed E-state index contributed by atoms with van der Waals surface area (Å²) in [5.74, 6) is -0.120. The summed E-state index contributed by atoms with van der Waals surface area (Å²) in [6.45, 7) is 3.84. The third-order valence-electron chi connectivity index (χ3n) is 2.84. The normalized spacial score (nSPS) is 10.5. The Labute approximate surface area is 132 Å². The Bertz CT molecular complexity index is 656. The average molecular weight is 348 g/mol. The molecule has 2 rings (SSSR count). The fourth-order valence-corrected chi connectivity index (χ4v) is 2.28. The van der Waals surface area contributed by atoms with Crippen molar-refractivity contribution in [2.45, 2.75) is 19.9 Å². The van der Waals surface area contributed by atoms with Crippen molar-refractivity contribution in [3.63, 3.8) is 0 Å². The average Bonchev–Trinajstić information content (AvgIpc) is 2.40. The van der Waals surface area contributed by atoms with Crippen LogP contribution >= 0.6 is 15.9 Å². The lowest BCUT2D eigenvalue weighted by Gasteiger charge is -2.12. The van der Waals surface area contributed by atoms with E-state index < -0.39 is 0 Å². The van der Waals surface area contributed by atoms with Crippen molar-refractivity contribution in [3.05, 3.63) is 52.5 Å².